The number of hydrogen-bond donors (Lipinski definition) is 1. The topological polar surface area (TPSA) is 15.3 Å². The largest absolute Gasteiger partial charge is 0.378 e. The summed E-state index contributed by atoms with van der Waals surface area (Å²) in [6, 6.07) is 16.9. The summed E-state index contributed by atoms with van der Waals surface area (Å²) in [5.74, 6) is 0. The van der Waals surface area contributed by atoms with Crippen LogP contribution in [0, 0.1) is 0 Å². The Labute approximate surface area is 126 Å². The van der Waals surface area contributed by atoms with Gasteiger partial charge in [0.15, 0.2) is 0 Å². The summed E-state index contributed by atoms with van der Waals surface area (Å²) in [5, 5.41) is 4.20. The van der Waals surface area contributed by atoms with Crippen molar-refractivity contribution in [2.45, 2.75) is 12.5 Å². The second kappa shape index (κ2) is 6.78. The number of hydrogen-bond acceptors (Lipinski definition) is 2. The maximum Gasteiger partial charge on any atom is 0.0438 e. The fourth-order valence-electron chi connectivity index (χ4n) is 2.28. The van der Waals surface area contributed by atoms with Crippen LogP contribution < -0.4 is 10.2 Å². The number of rotatable bonds is 5. The van der Waals surface area contributed by atoms with Crippen LogP contribution in [0.3, 0.4) is 0 Å². The van der Waals surface area contributed by atoms with Gasteiger partial charge in [-0.15, -0.1) is 0 Å². The number of anilines is 1. The molecule has 106 valence electrons. The molecule has 1 atom stereocenters. The molecule has 0 heterocycles. The maximum atomic E-state index is 6.25. The predicted molar refractivity (Wildman–Crippen MR) is 87.7 cm³/mol. The smallest absolute Gasteiger partial charge is 0.0438 e. The van der Waals surface area contributed by atoms with Crippen molar-refractivity contribution in [2.24, 2.45) is 0 Å². The molecule has 0 fully saturated rings. The molecular formula is C17H21ClN2. The Balaban J connectivity index is 2.18. The van der Waals surface area contributed by atoms with Crippen LogP contribution in [0.25, 0.3) is 0 Å². The third-order valence-electron chi connectivity index (χ3n) is 3.54. The summed E-state index contributed by atoms with van der Waals surface area (Å²) < 4.78 is 0. The molecule has 0 aliphatic heterocycles. The first-order chi connectivity index (χ1) is 9.61. The van der Waals surface area contributed by atoms with Gasteiger partial charge in [0.05, 0.1) is 0 Å². The van der Waals surface area contributed by atoms with E-state index in [1.165, 1.54) is 16.8 Å². The molecule has 2 rings (SSSR count). The van der Waals surface area contributed by atoms with Gasteiger partial charge in [-0.25, -0.2) is 0 Å². The van der Waals surface area contributed by atoms with Gasteiger partial charge in [-0.2, -0.15) is 0 Å². The zero-order chi connectivity index (χ0) is 14.5. The lowest BCUT2D eigenvalue weighted by Gasteiger charge is -2.19. The van der Waals surface area contributed by atoms with Crippen LogP contribution in [0.2, 0.25) is 5.02 Å². The van der Waals surface area contributed by atoms with E-state index >= 15 is 0 Å². The minimum Gasteiger partial charge on any atom is -0.378 e. The minimum atomic E-state index is 0.270. The van der Waals surface area contributed by atoms with Crippen LogP contribution in [0.5, 0.6) is 0 Å². The average molecular weight is 289 g/mol. The predicted octanol–water partition coefficient (Wildman–Crippen LogP) is 3.91. The Hall–Kier alpha value is -1.51. The van der Waals surface area contributed by atoms with E-state index in [1.807, 2.05) is 39.3 Å². The fourth-order valence-corrected chi connectivity index (χ4v) is 2.49. The third-order valence-corrected chi connectivity index (χ3v) is 3.91. The van der Waals surface area contributed by atoms with E-state index in [9.17, 15) is 0 Å². The highest BCUT2D eigenvalue weighted by Crippen LogP contribution is 2.24. The maximum absolute atomic E-state index is 6.25. The Morgan fingerprint density at radius 3 is 2.25 bits per heavy atom. The lowest BCUT2D eigenvalue weighted by Crippen LogP contribution is -2.19. The van der Waals surface area contributed by atoms with Crippen molar-refractivity contribution in [2.75, 3.05) is 26.0 Å². The quantitative estimate of drug-likeness (QED) is 0.897. The highest BCUT2D eigenvalue weighted by Gasteiger charge is 2.12. The third kappa shape index (κ3) is 3.53. The Kier molecular flexibility index (Phi) is 5.05. The molecule has 0 bridgehead atoms. The first-order valence-corrected chi connectivity index (χ1v) is 7.17. The summed E-state index contributed by atoms with van der Waals surface area (Å²) >= 11 is 6.25. The van der Waals surface area contributed by atoms with Crippen LogP contribution in [-0.4, -0.2) is 21.1 Å². The van der Waals surface area contributed by atoms with Gasteiger partial charge in [0.1, 0.15) is 0 Å². The van der Waals surface area contributed by atoms with Crippen molar-refractivity contribution < 1.29 is 0 Å². The normalized spacial score (nSPS) is 12.2. The molecule has 2 aromatic rings. The Bertz CT molecular complexity index is 549. The summed E-state index contributed by atoms with van der Waals surface area (Å²) in [4.78, 5) is 2.10. The first-order valence-electron chi connectivity index (χ1n) is 6.79. The molecule has 0 radical (unpaired) electrons. The van der Waals surface area contributed by atoms with Crippen molar-refractivity contribution in [3.05, 3.63) is 64.7 Å². The summed E-state index contributed by atoms with van der Waals surface area (Å²) in [6.07, 6.45) is 0.886. The van der Waals surface area contributed by atoms with Crippen LogP contribution in [-0.2, 0) is 6.42 Å². The van der Waals surface area contributed by atoms with E-state index in [-0.39, 0.29) is 6.04 Å². The SMILES string of the molecule is CNC(Cc1ccccc1Cl)c1ccc(N(C)C)cc1. The van der Waals surface area contributed by atoms with Gasteiger partial charge in [-0.1, -0.05) is 41.9 Å². The lowest BCUT2D eigenvalue weighted by atomic mass is 9.98. The first kappa shape index (κ1) is 14.9. The zero-order valence-electron chi connectivity index (χ0n) is 12.2. The van der Waals surface area contributed by atoms with Gasteiger partial charge < -0.3 is 10.2 Å². The Morgan fingerprint density at radius 2 is 1.70 bits per heavy atom. The van der Waals surface area contributed by atoms with Crippen molar-refractivity contribution in [1.82, 2.24) is 5.32 Å². The minimum absolute atomic E-state index is 0.270. The number of benzene rings is 2. The molecule has 20 heavy (non-hydrogen) atoms. The second-order valence-corrected chi connectivity index (χ2v) is 5.53. The molecule has 2 nitrogen and oxygen atoms in total. The van der Waals surface area contributed by atoms with E-state index in [1.54, 1.807) is 0 Å². The highest BCUT2D eigenvalue weighted by molar-refractivity contribution is 6.31. The average Bonchev–Trinajstić information content (AvgIpc) is 2.46. The monoisotopic (exact) mass is 288 g/mol. The number of likely N-dealkylation sites (N-methyl/N-ethyl adjacent to an activating group) is 1. The van der Waals surface area contributed by atoms with Gasteiger partial charge >= 0.3 is 0 Å². The number of nitrogens with zero attached hydrogens (tertiary/aromatic N) is 1. The molecule has 0 saturated heterocycles. The van der Waals surface area contributed by atoms with E-state index in [2.05, 4.69) is 40.5 Å². The van der Waals surface area contributed by atoms with E-state index in [4.69, 9.17) is 11.6 Å². The highest BCUT2D eigenvalue weighted by atomic mass is 35.5. The van der Waals surface area contributed by atoms with Crippen molar-refractivity contribution in [1.29, 1.82) is 0 Å². The van der Waals surface area contributed by atoms with Crippen LogP contribution in [0.15, 0.2) is 48.5 Å². The molecular weight excluding hydrogens is 268 g/mol. The molecule has 1 N–H and O–H groups in total. The molecule has 0 aromatic heterocycles. The van der Waals surface area contributed by atoms with Crippen molar-refractivity contribution in [3.63, 3.8) is 0 Å². The summed E-state index contributed by atoms with van der Waals surface area (Å²) in [5.41, 5.74) is 3.66. The van der Waals surface area contributed by atoms with Gasteiger partial charge in [-0.05, 0) is 42.8 Å². The number of halogens is 1. The van der Waals surface area contributed by atoms with E-state index in [0.717, 1.165) is 11.4 Å². The van der Waals surface area contributed by atoms with Gasteiger partial charge in [0, 0.05) is 30.8 Å². The second-order valence-electron chi connectivity index (χ2n) is 5.12. The summed E-state index contributed by atoms with van der Waals surface area (Å²) in [6.45, 7) is 0. The lowest BCUT2D eigenvalue weighted by molar-refractivity contribution is 0.592. The van der Waals surface area contributed by atoms with Crippen LogP contribution >= 0.6 is 11.6 Å². The van der Waals surface area contributed by atoms with Crippen molar-refractivity contribution in [3.8, 4) is 0 Å². The van der Waals surface area contributed by atoms with E-state index in [0.29, 0.717) is 0 Å². The molecule has 2 aromatic carbocycles. The van der Waals surface area contributed by atoms with E-state index < -0.39 is 0 Å². The zero-order valence-corrected chi connectivity index (χ0v) is 13.0. The molecule has 0 spiro atoms. The van der Waals surface area contributed by atoms with Crippen LogP contribution in [0.1, 0.15) is 17.2 Å². The molecule has 0 aliphatic carbocycles. The Morgan fingerprint density at radius 1 is 1.05 bits per heavy atom. The van der Waals surface area contributed by atoms with Gasteiger partial charge in [0.25, 0.3) is 0 Å². The van der Waals surface area contributed by atoms with Gasteiger partial charge in [0.2, 0.25) is 0 Å². The van der Waals surface area contributed by atoms with Gasteiger partial charge in [-0.3, -0.25) is 0 Å². The fraction of sp³-hybridized carbons (Fsp3) is 0.294. The molecule has 0 aliphatic rings. The number of nitrogens with one attached hydrogen (secondary N) is 1. The summed E-state index contributed by atoms with van der Waals surface area (Å²) in [7, 11) is 6.09. The molecule has 1 unspecified atom stereocenters. The molecule has 0 saturated carbocycles. The standard InChI is InChI=1S/C17H21ClN2/c1-19-17(12-14-6-4-5-7-16(14)18)13-8-10-15(11-9-13)20(2)3/h4-11,17,19H,12H2,1-3H3. The van der Waals surface area contributed by atoms with Crippen LogP contribution in [0.4, 0.5) is 5.69 Å². The van der Waals surface area contributed by atoms with Crippen molar-refractivity contribution >= 4 is 17.3 Å². The molecule has 3 heteroatoms. The molecule has 0 amide bonds.